The lowest BCUT2D eigenvalue weighted by atomic mass is 9.82. The van der Waals surface area contributed by atoms with E-state index in [1.807, 2.05) is 12.1 Å². The molecule has 0 atom stereocenters. The van der Waals surface area contributed by atoms with Gasteiger partial charge in [0.2, 0.25) is 0 Å². The van der Waals surface area contributed by atoms with Crippen LogP contribution in [0.3, 0.4) is 0 Å². The van der Waals surface area contributed by atoms with Crippen LogP contribution >= 0.6 is 0 Å². The molecule has 0 radical (unpaired) electrons. The van der Waals surface area contributed by atoms with Crippen LogP contribution in [0.4, 0.5) is 17.1 Å². The molecule has 0 unspecified atom stereocenters. The molecule has 2 heteroatoms. The summed E-state index contributed by atoms with van der Waals surface area (Å²) in [6.07, 6.45) is 0. The Bertz CT molecular complexity index is 3130. The molecule has 0 amide bonds. The van der Waals surface area contributed by atoms with Crippen molar-refractivity contribution in [3.05, 3.63) is 199 Å². The third-order valence-corrected chi connectivity index (χ3v) is 11.8. The molecule has 1 heterocycles. The van der Waals surface area contributed by atoms with Crippen molar-refractivity contribution in [3.8, 4) is 33.4 Å². The molecule has 0 fully saturated rings. The summed E-state index contributed by atoms with van der Waals surface area (Å²) >= 11 is 0. The number of hydrogen-bond acceptors (Lipinski definition) is 2. The van der Waals surface area contributed by atoms with Gasteiger partial charge in [0.05, 0.1) is 11.4 Å². The van der Waals surface area contributed by atoms with Crippen LogP contribution in [0.15, 0.2) is 192 Å². The standard InChI is InChI=1S/C53H37NO/c1-53(2)46-17-8-5-16-44(46)52-47(53)18-11-20-49(52)54(48-19-9-6-14-42(48)39-25-22-34-12-3-4-13-36(34)30-39)41-28-26-35(27-29-41)37-23-24-38-33-51-45(32-40(38)31-37)43-15-7-10-21-50(43)55-51/h3-33H,1-2H3. The topological polar surface area (TPSA) is 16.4 Å². The normalized spacial score (nSPS) is 13.1. The molecule has 0 spiro atoms. The van der Waals surface area contributed by atoms with Gasteiger partial charge in [-0.3, -0.25) is 0 Å². The van der Waals surface area contributed by atoms with E-state index >= 15 is 0 Å². The first-order valence-corrected chi connectivity index (χ1v) is 19.1. The SMILES string of the molecule is CC1(C)c2ccccc2-c2c(N(c3ccc(-c4ccc5cc6oc7ccccc7c6cc5c4)cc3)c3ccccc3-c3ccc4ccccc4c3)cccc21. The number of furan rings is 1. The second-order valence-electron chi connectivity index (χ2n) is 15.3. The maximum Gasteiger partial charge on any atom is 0.136 e. The summed E-state index contributed by atoms with van der Waals surface area (Å²) in [5, 5.41) is 7.15. The molecule has 11 rings (SSSR count). The third-order valence-electron chi connectivity index (χ3n) is 11.8. The number of nitrogens with zero attached hydrogens (tertiary/aromatic N) is 1. The average molecular weight is 704 g/mol. The minimum absolute atomic E-state index is 0.111. The molecule has 55 heavy (non-hydrogen) atoms. The van der Waals surface area contributed by atoms with Crippen molar-refractivity contribution in [3.63, 3.8) is 0 Å². The van der Waals surface area contributed by atoms with Crippen molar-refractivity contribution in [2.45, 2.75) is 19.3 Å². The number of fused-ring (bicyclic) bond motifs is 8. The molecule has 260 valence electrons. The summed E-state index contributed by atoms with van der Waals surface area (Å²) in [4.78, 5) is 2.48. The van der Waals surface area contributed by atoms with Crippen molar-refractivity contribution < 1.29 is 4.42 Å². The Morgan fingerprint density at radius 1 is 0.400 bits per heavy atom. The minimum atomic E-state index is -0.111. The van der Waals surface area contributed by atoms with Gasteiger partial charge in [-0.1, -0.05) is 147 Å². The zero-order chi connectivity index (χ0) is 36.7. The second kappa shape index (κ2) is 12.1. The second-order valence-corrected chi connectivity index (χ2v) is 15.3. The molecule has 1 aromatic heterocycles. The number of rotatable bonds is 5. The summed E-state index contributed by atoms with van der Waals surface area (Å²) in [5.41, 5.74) is 15.2. The zero-order valence-electron chi connectivity index (χ0n) is 30.8. The highest BCUT2D eigenvalue weighted by Crippen LogP contribution is 2.55. The van der Waals surface area contributed by atoms with Gasteiger partial charge in [0.1, 0.15) is 11.2 Å². The van der Waals surface area contributed by atoms with E-state index in [-0.39, 0.29) is 5.41 Å². The van der Waals surface area contributed by atoms with Crippen LogP contribution in [-0.4, -0.2) is 0 Å². The van der Waals surface area contributed by atoms with Gasteiger partial charge >= 0.3 is 0 Å². The molecular weight excluding hydrogens is 667 g/mol. The molecule has 0 saturated carbocycles. The summed E-state index contributed by atoms with van der Waals surface area (Å²) < 4.78 is 6.19. The van der Waals surface area contributed by atoms with Crippen molar-refractivity contribution in [2.24, 2.45) is 0 Å². The van der Waals surface area contributed by atoms with Crippen molar-refractivity contribution >= 4 is 60.5 Å². The molecule has 0 aliphatic heterocycles. The van der Waals surface area contributed by atoms with Gasteiger partial charge in [-0.15, -0.1) is 0 Å². The van der Waals surface area contributed by atoms with Gasteiger partial charge in [0, 0.05) is 33.0 Å². The third kappa shape index (κ3) is 4.95. The van der Waals surface area contributed by atoms with E-state index in [4.69, 9.17) is 4.42 Å². The first-order chi connectivity index (χ1) is 27.0. The Kier molecular flexibility index (Phi) is 6.93. The lowest BCUT2D eigenvalue weighted by Crippen LogP contribution is -2.16. The smallest absolute Gasteiger partial charge is 0.136 e. The Hall–Kier alpha value is -6.90. The van der Waals surface area contributed by atoms with Crippen LogP contribution in [0.2, 0.25) is 0 Å². The molecule has 1 aliphatic carbocycles. The van der Waals surface area contributed by atoms with Crippen LogP contribution in [0.5, 0.6) is 0 Å². The van der Waals surface area contributed by atoms with Crippen LogP contribution in [0.25, 0.3) is 76.9 Å². The molecule has 0 saturated heterocycles. The highest BCUT2D eigenvalue weighted by molar-refractivity contribution is 6.10. The highest BCUT2D eigenvalue weighted by atomic mass is 16.3. The number of para-hydroxylation sites is 2. The molecular formula is C53H37NO. The van der Waals surface area contributed by atoms with Gasteiger partial charge in [-0.25, -0.2) is 0 Å². The van der Waals surface area contributed by atoms with E-state index < -0.39 is 0 Å². The first kappa shape index (κ1) is 31.6. The van der Waals surface area contributed by atoms with Crippen molar-refractivity contribution in [1.29, 1.82) is 0 Å². The van der Waals surface area contributed by atoms with E-state index in [0.717, 1.165) is 33.3 Å². The maximum absolute atomic E-state index is 6.19. The monoisotopic (exact) mass is 703 g/mol. The number of anilines is 3. The van der Waals surface area contributed by atoms with Crippen LogP contribution in [-0.2, 0) is 5.41 Å². The fourth-order valence-corrected chi connectivity index (χ4v) is 9.05. The average Bonchev–Trinajstić information content (AvgIpc) is 3.71. The Labute approximate surface area is 320 Å². The molecule has 1 aliphatic rings. The van der Waals surface area contributed by atoms with Gasteiger partial charge in [-0.05, 0) is 110 Å². The van der Waals surface area contributed by atoms with Gasteiger partial charge in [0.15, 0.2) is 0 Å². The summed E-state index contributed by atoms with van der Waals surface area (Å²) in [5.74, 6) is 0. The molecule has 0 N–H and O–H groups in total. The molecule has 2 nitrogen and oxygen atoms in total. The summed E-state index contributed by atoms with van der Waals surface area (Å²) in [6, 6.07) is 68.6. The van der Waals surface area contributed by atoms with Crippen LogP contribution < -0.4 is 4.90 Å². The minimum Gasteiger partial charge on any atom is -0.456 e. The lowest BCUT2D eigenvalue weighted by Gasteiger charge is -2.30. The quantitative estimate of drug-likeness (QED) is 0.177. The van der Waals surface area contributed by atoms with E-state index in [1.165, 1.54) is 71.7 Å². The Morgan fingerprint density at radius 3 is 1.93 bits per heavy atom. The number of hydrogen-bond donors (Lipinski definition) is 0. The Morgan fingerprint density at radius 2 is 1.04 bits per heavy atom. The fourth-order valence-electron chi connectivity index (χ4n) is 9.05. The van der Waals surface area contributed by atoms with Gasteiger partial charge in [0.25, 0.3) is 0 Å². The van der Waals surface area contributed by atoms with Gasteiger partial charge in [-0.2, -0.15) is 0 Å². The van der Waals surface area contributed by atoms with Crippen molar-refractivity contribution in [2.75, 3.05) is 4.90 Å². The molecule has 9 aromatic carbocycles. The zero-order valence-corrected chi connectivity index (χ0v) is 30.8. The van der Waals surface area contributed by atoms with Gasteiger partial charge < -0.3 is 9.32 Å². The predicted octanol–water partition coefficient (Wildman–Crippen LogP) is 15.0. The molecule has 10 aromatic rings. The van der Waals surface area contributed by atoms with E-state index in [0.29, 0.717) is 0 Å². The largest absolute Gasteiger partial charge is 0.456 e. The van der Waals surface area contributed by atoms with E-state index in [1.54, 1.807) is 0 Å². The van der Waals surface area contributed by atoms with E-state index in [2.05, 4.69) is 195 Å². The highest BCUT2D eigenvalue weighted by Gasteiger charge is 2.38. The number of benzene rings is 9. The van der Waals surface area contributed by atoms with E-state index in [9.17, 15) is 0 Å². The predicted molar refractivity (Wildman–Crippen MR) is 232 cm³/mol. The van der Waals surface area contributed by atoms with Crippen molar-refractivity contribution in [1.82, 2.24) is 0 Å². The fraction of sp³-hybridized carbons (Fsp3) is 0.0566. The summed E-state index contributed by atoms with van der Waals surface area (Å²) in [7, 11) is 0. The first-order valence-electron chi connectivity index (χ1n) is 19.1. The maximum atomic E-state index is 6.19. The van der Waals surface area contributed by atoms with Crippen LogP contribution in [0.1, 0.15) is 25.0 Å². The lowest BCUT2D eigenvalue weighted by molar-refractivity contribution is 0.660. The Balaban J connectivity index is 1.08. The molecule has 0 bridgehead atoms. The summed E-state index contributed by atoms with van der Waals surface area (Å²) in [6.45, 7) is 4.71. The van der Waals surface area contributed by atoms with Crippen LogP contribution in [0, 0.1) is 0 Å².